The van der Waals surface area contributed by atoms with Crippen molar-refractivity contribution in [1.82, 2.24) is 4.98 Å². The summed E-state index contributed by atoms with van der Waals surface area (Å²) in [5, 5.41) is 40.9. The maximum Gasteiger partial charge on any atom is 0.264 e. The Morgan fingerprint density at radius 3 is 2.65 bits per heavy atom. The molecular weight excluding hydrogens is 570 g/mol. The molecule has 2 aromatic rings. The van der Waals surface area contributed by atoms with Gasteiger partial charge in [0, 0.05) is 16.3 Å². The fourth-order valence-corrected chi connectivity index (χ4v) is 10.5. The van der Waals surface area contributed by atoms with Gasteiger partial charge in [0.15, 0.2) is 5.69 Å². The topological polar surface area (TPSA) is 118 Å². The van der Waals surface area contributed by atoms with Gasteiger partial charge in [0.2, 0.25) is 5.88 Å². The van der Waals surface area contributed by atoms with E-state index in [1.807, 2.05) is 18.2 Å². The van der Waals surface area contributed by atoms with Crippen molar-refractivity contribution in [2.24, 2.45) is 56.6 Å². The standard InChI is InChI=1S/C32H44BrN3O4/c1-17(4-9-27(39)35-36-29-21-16-19(33)5-8-25(21)34-30(29)40)22-6-7-23-28-24(11-13-32(22,23)3)31(2)12-10-20(37)14-18(31)15-26(28)38/h5,8,16-18,20,22-24,26,28,34,37-38,40H,4,6-7,9-15H2,1-3H3/t17-,18-,20+,22-,23+,24+,26+,28+,31+,32-/m1/s1. The molecule has 8 heteroatoms. The van der Waals surface area contributed by atoms with Crippen LogP contribution in [0.5, 0.6) is 5.88 Å². The number of hydrogen-bond acceptors (Lipinski definition) is 5. The number of hydrogen-bond donors (Lipinski definition) is 4. The van der Waals surface area contributed by atoms with Gasteiger partial charge in [-0.25, -0.2) is 0 Å². The zero-order valence-electron chi connectivity index (χ0n) is 23.9. The van der Waals surface area contributed by atoms with Gasteiger partial charge >= 0.3 is 0 Å². The summed E-state index contributed by atoms with van der Waals surface area (Å²) in [6.45, 7) is 7.21. The number of azo groups is 1. The third-order valence-electron chi connectivity index (χ3n) is 12.2. The minimum absolute atomic E-state index is 0.0898. The van der Waals surface area contributed by atoms with E-state index in [0.717, 1.165) is 54.9 Å². The number of nitrogens with zero attached hydrogens (tertiary/aromatic N) is 2. The maximum absolute atomic E-state index is 12.7. The van der Waals surface area contributed by atoms with Crippen molar-refractivity contribution >= 4 is 38.4 Å². The molecule has 10 atom stereocenters. The van der Waals surface area contributed by atoms with Crippen molar-refractivity contribution in [3.05, 3.63) is 22.7 Å². The number of benzene rings is 1. The second-order valence-electron chi connectivity index (χ2n) is 14.1. The second-order valence-corrected chi connectivity index (χ2v) is 15.0. The number of aromatic nitrogens is 1. The highest BCUT2D eigenvalue weighted by molar-refractivity contribution is 9.10. The van der Waals surface area contributed by atoms with Gasteiger partial charge < -0.3 is 20.3 Å². The smallest absolute Gasteiger partial charge is 0.264 e. The molecule has 4 aliphatic rings. The van der Waals surface area contributed by atoms with E-state index < -0.39 is 0 Å². The molecule has 1 aromatic heterocycles. The highest BCUT2D eigenvalue weighted by Crippen LogP contribution is 2.68. The number of aliphatic hydroxyl groups excluding tert-OH is 2. The minimum atomic E-state index is -0.268. The van der Waals surface area contributed by atoms with Crippen LogP contribution in [0.3, 0.4) is 0 Å². The lowest BCUT2D eigenvalue weighted by atomic mass is 9.43. The third kappa shape index (κ3) is 4.66. The molecule has 1 amide bonds. The summed E-state index contributed by atoms with van der Waals surface area (Å²) < 4.78 is 0.861. The van der Waals surface area contributed by atoms with Gasteiger partial charge in [-0.15, -0.1) is 10.2 Å². The summed E-state index contributed by atoms with van der Waals surface area (Å²) in [4.78, 5) is 15.6. The molecule has 0 bridgehead atoms. The molecule has 4 aliphatic carbocycles. The highest BCUT2D eigenvalue weighted by atomic mass is 79.9. The van der Waals surface area contributed by atoms with Gasteiger partial charge in [-0.3, -0.25) is 4.79 Å². The number of aromatic hydroxyl groups is 1. The normalized spacial score (nSPS) is 40.1. The van der Waals surface area contributed by atoms with E-state index in [2.05, 4.69) is 51.9 Å². The number of halogens is 1. The molecule has 1 heterocycles. The number of carbonyl (C=O) groups is 1. The van der Waals surface area contributed by atoms with Crippen molar-refractivity contribution in [2.45, 2.75) is 97.2 Å². The van der Waals surface area contributed by atoms with Crippen LogP contribution in [-0.4, -0.2) is 38.4 Å². The zero-order valence-corrected chi connectivity index (χ0v) is 25.5. The first kappa shape index (κ1) is 28.4. The summed E-state index contributed by atoms with van der Waals surface area (Å²) in [5.41, 5.74) is 1.45. The van der Waals surface area contributed by atoms with Crippen LogP contribution in [0.4, 0.5) is 5.69 Å². The Labute approximate surface area is 245 Å². The van der Waals surface area contributed by atoms with E-state index in [-0.39, 0.29) is 40.5 Å². The van der Waals surface area contributed by atoms with Gasteiger partial charge in [0.25, 0.3) is 5.91 Å². The van der Waals surface area contributed by atoms with Crippen molar-refractivity contribution in [3.63, 3.8) is 0 Å². The van der Waals surface area contributed by atoms with E-state index in [4.69, 9.17) is 0 Å². The first-order valence-corrected chi connectivity index (χ1v) is 16.1. The summed E-state index contributed by atoms with van der Waals surface area (Å²) in [6, 6.07) is 5.56. The fourth-order valence-electron chi connectivity index (χ4n) is 10.1. The monoisotopic (exact) mass is 613 g/mol. The number of amides is 1. The van der Waals surface area contributed by atoms with Crippen LogP contribution < -0.4 is 0 Å². The molecule has 0 aliphatic heterocycles. The lowest BCUT2D eigenvalue weighted by molar-refractivity contribution is -0.174. The Balaban J connectivity index is 1.11. The van der Waals surface area contributed by atoms with E-state index in [1.165, 1.54) is 12.8 Å². The van der Waals surface area contributed by atoms with Gasteiger partial charge in [-0.2, -0.15) is 0 Å². The van der Waals surface area contributed by atoms with Crippen LogP contribution in [0, 0.1) is 46.3 Å². The van der Waals surface area contributed by atoms with E-state index in [0.29, 0.717) is 47.3 Å². The molecule has 4 saturated carbocycles. The van der Waals surface area contributed by atoms with Crippen molar-refractivity contribution in [3.8, 4) is 5.88 Å². The van der Waals surface area contributed by atoms with E-state index in [9.17, 15) is 20.1 Å². The van der Waals surface area contributed by atoms with Gasteiger partial charge in [0.1, 0.15) is 0 Å². The van der Waals surface area contributed by atoms with Crippen LogP contribution in [-0.2, 0) is 4.79 Å². The number of nitrogens with one attached hydrogen (secondary N) is 1. The van der Waals surface area contributed by atoms with Crippen molar-refractivity contribution in [1.29, 1.82) is 0 Å². The van der Waals surface area contributed by atoms with E-state index >= 15 is 0 Å². The summed E-state index contributed by atoms with van der Waals surface area (Å²) in [7, 11) is 0. The van der Waals surface area contributed by atoms with Crippen LogP contribution in [0.25, 0.3) is 10.9 Å². The highest BCUT2D eigenvalue weighted by Gasteiger charge is 2.62. The Bertz CT molecular complexity index is 1310. The van der Waals surface area contributed by atoms with Crippen molar-refractivity contribution < 1.29 is 20.1 Å². The molecule has 218 valence electrons. The molecule has 0 saturated heterocycles. The quantitative estimate of drug-likeness (QED) is 0.259. The van der Waals surface area contributed by atoms with Crippen LogP contribution >= 0.6 is 15.9 Å². The van der Waals surface area contributed by atoms with Gasteiger partial charge in [0.05, 0.1) is 17.7 Å². The number of H-pyrrole nitrogens is 1. The Morgan fingerprint density at radius 2 is 1.85 bits per heavy atom. The second kappa shape index (κ2) is 10.5. The lowest BCUT2D eigenvalue weighted by Gasteiger charge is -2.62. The first-order valence-electron chi connectivity index (χ1n) is 15.3. The van der Waals surface area contributed by atoms with Gasteiger partial charge in [-0.05, 0) is 122 Å². The predicted molar refractivity (Wildman–Crippen MR) is 158 cm³/mol. The fraction of sp³-hybridized carbons (Fsp3) is 0.719. The van der Waals surface area contributed by atoms with Crippen molar-refractivity contribution in [2.75, 3.05) is 0 Å². The number of aromatic amines is 1. The zero-order chi connectivity index (χ0) is 28.4. The minimum Gasteiger partial charge on any atom is -0.493 e. The molecule has 0 spiro atoms. The predicted octanol–water partition coefficient (Wildman–Crippen LogP) is 7.65. The van der Waals surface area contributed by atoms with Crippen LogP contribution in [0.1, 0.15) is 85.0 Å². The molecule has 4 N–H and O–H groups in total. The van der Waals surface area contributed by atoms with Gasteiger partial charge in [-0.1, -0.05) is 36.7 Å². The Hall–Kier alpha value is -1.77. The molecule has 4 fully saturated rings. The maximum atomic E-state index is 12.7. The molecular formula is C32H44BrN3O4. The number of rotatable bonds is 5. The largest absolute Gasteiger partial charge is 0.493 e. The molecule has 0 unspecified atom stereocenters. The first-order chi connectivity index (χ1) is 19.0. The number of aliphatic hydroxyl groups is 2. The van der Waals surface area contributed by atoms with E-state index in [1.54, 1.807) is 0 Å². The summed E-state index contributed by atoms with van der Waals surface area (Å²) in [5.74, 6) is 2.42. The molecule has 40 heavy (non-hydrogen) atoms. The lowest BCUT2D eigenvalue weighted by Crippen LogP contribution is -2.58. The Kier molecular flexibility index (Phi) is 7.44. The molecule has 6 rings (SSSR count). The summed E-state index contributed by atoms with van der Waals surface area (Å²) >= 11 is 3.44. The van der Waals surface area contributed by atoms with Crippen LogP contribution in [0.2, 0.25) is 0 Å². The average Bonchev–Trinajstić information content (AvgIpc) is 3.42. The molecule has 7 nitrogen and oxygen atoms in total. The SMILES string of the molecule is C[C@H](CCC(=O)N=Nc1c(O)[nH]c2ccc(Br)cc12)[C@H]1CC[C@H]2[C@@H]3[C@@H](O)C[C@H]4C[C@@H](O)CC[C@]4(C)[C@H]3CC[C@]12C. The average molecular weight is 615 g/mol. The number of fused-ring (bicyclic) bond motifs is 6. The number of carbonyl (C=O) groups excluding carboxylic acids is 1. The molecule has 0 radical (unpaired) electrons. The third-order valence-corrected chi connectivity index (χ3v) is 12.7. The molecule has 1 aromatic carbocycles. The Morgan fingerprint density at radius 1 is 1.10 bits per heavy atom. The summed E-state index contributed by atoms with van der Waals surface area (Å²) in [6.07, 6.45) is 8.98. The van der Waals surface area contributed by atoms with Crippen LogP contribution in [0.15, 0.2) is 32.9 Å².